The van der Waals surface area contributed by atoms with Crippen molar-refractivity contribution in [1.29, 1.82) is 0 Å². The fourth-order valence-electron chi connectivity index (χ4n) is 2.28. The number of fused-ring (bicyclic) bond motifs is 1. The van der Waals surface area contributed by atoms with Crippen LogP contribution in [0.2, 0.25) is 0 Å². The van der Waals surface area contributed by atoms with Crippen molar-refractivity contribution in [2.75, 3.05) is 22.4 Å². The van der Waals surface area contributed by atoms with E-state index in [0.717, 1.165) is 10.6 Å². The molecule has 0 unspecified atom stereocenters. The Morgan fingerprint density at radius 2 is 2.13 bits per heavy atom. The SMILES string of the molecule is Cc1cc(NC(=O)[C@H]2CN(S(C)(=O)=O)c3ccccc3O2)no1. The van der Waals surface area contributed by atoms with Gasteiger partial charge in [-0.15, -0.1) is 0 Å². The van der Waals surface area contributed by atoms with Gasteiger partial charge in [0.05, 0.1) is 18.5 Å². The molecule has 0 spiro atoms. The Hall–Kier alpha value is -2.55. The zero-order valence-corrected chi connectivity index (χ0v) is 13.3. The average Bonchev–Trinajstić information content (AvgIpc) is 2.90. The maximum absolute atomic E-state index is 12.3. The van der Waals surface area contributed by atoms with Crippen LogP contribution < -0.4 is 14.4 Å². The third-order valence-corrected chi connectivity index (χ3v) is 4.45. The lowest BCUT2D eigenvalue weighted by Gasteiger charge is -2.33. The average molecular weight is 337 g/mol. The summed E-state index contributed by atoms with van der Waals surface area (Å²) in [5, 5.41) is 6.21. The lowest BCUT2D eigenvalue weighted by Crippen LogP contribution is -2.48. The number of anilines is 2. The highest BCUT2D eigenvalue weighted by Gasteiger charge is 2.35. The molecule has 2 aromatic rings. The Kier molecular flexibility index (Phi) is 3.72. The summed E-state index contributed by atoms with van der Waals surface area (Å²) in [7, 11) is -3.54. The topological polar surface area (TPSA) is 102 Å². The third-order valence-electron chi connectivity index (χ3n) is 3.31. The van der Waals surface area contributed by atoms with E-state index in [-0.39, 0.29) is 12.4 Å². The first-order valence-electron chi connectivity index (χ1n) is 6.82. The van der Waals surface area contributed by atoms with Crippen LogP contribution in [0.3, 0.4) is 0 Å². The molecule has 8 nitrogen and oxygen atoms in total. The number of rotatable bonds is 3. The van der Waals surface area contributed by atoms with Crippen LogP contribution in [0, 0.1) is 6.92 Å². The van der Waals surface area contributed by atoms with E-state index in [1.807, 2.05) is 0 Å². The van der Waals surface area contributed by atoms with Gasteiger partial charge in [0, 0.05) is 6.07 Å². The smallest absolute Gasteiger partial charge is 0.268 e. The molecule has 1 aliphatic rings. The number of carbonyl (C=O) groups excluding carboxylic acids is 1. The van der Waals surface area contributed by atoms with Crippen molar-refractivity contribution >= 4 is 27.4 Å². The number of nitrogens with one attached hydrogen (secondary N) is 1. The van der Waals surface area contributed by atoms with Crippen molar-refractivity contribution < 1.29 is 22.5 Å². The molecule has 0 saturated heterocycles. The van der Waals surface area contributed by atoms with Crippen molar-refractivity contribution in [1.82, 2.24) is 5.16 Å². The van der Waals surface area contributed by atoms with Crippen molar-refractivity contribution in [2.45, 2.75) is 13.0 Å². The lowest BCUT2D eigenvalue weighted by molar-refractivity contribution is -0.122. The Morgan fingerprint density at radius 1 is 1.39 bits per heavy atom. The van der Waals surface area contributed by atoms with Crippen molar-refractivity contribution in [3.63, 3.8) is 0 Å². The highest BCUT2D eigenvalue weighted by Crippen LogP contribution is 2.34. The molecule has 0 radical (unpaired) electrons. The molecule has 0 bridgehead atoms. The molecular weight excluding hydrogens is 322 g/mol. The maximum atomic E-state index is 12.3. The van der Waals surface area contributed by atoms with Gasteiger partial charge in [0.25, 0.3) is 5.91 Å². The van der Waals surface area contributed by atoms with E-state index in [0.29, 0.717) is 17.2 Å². The van der Waals surface area contributed by atoms with Crippen LogP contribution in [0.4, 0.5) is 11.5 Å². The summed E-state index contributed by atoms with van der Waals surface area (Å²) < 4.78 is 35.6. The van der Waals surface area contributed by atoms with Crippen LogP contribution in [-0.4, -0.2) is 38.4 Å². The molecule has 3 rings (SSSR count). The third kappa shape index (κ3) is 3.14. The molecule has 2 heterocycles. The van der Waals surface area contributed by atoms with E-state index in [4.69, 9.17) is 9.26 Å². The van der Waals surface area contributed by atoms with E-state index in [1.54, 1.807) is 37.3 Å². The number of amides is 1. The Labute approximate surface area is 133 Å². The van der Waals surface area contributed by atoms with Crippen molar-refractivity contribution in [2.24, 2.45) is 0 Å². The molecule has 1 aromatic heterocycles. The molecule has 1 aliphatic heterocycles. The maximum Gasteiger partial charge on any atom is 0.268 e. The second-order valence-electron chi connectivity index (χ2n) is 5.18. The van der Waals surface area contributed by atoms with E-state index in [9.17, 15) is 13.2 Å². The highest BCUT2D eigenvalue weighted by molar-refractivity contribution is 7.92. The Balaban J connectivity index is 1.86. The monoisotopic (exact) mass is 337 g/mol. The number of ether oxygens (including phenoxy) is 1. The first-order valence-corrected chi connectivity index (χ1v) is 8.67. The second-order valence-corrected chi connectivity index (χ2v) is 7.09. The number of hydrogen-bond acceptors (Lipinski definition) is 6. The molecule has 1 aromatic carbocycles. The van der Waals surface area contributed by atoms with Gasteiger partial charge in [-0.25, -0.2) is 8.42 Å². The number of aryl methyl sites for hydroxylation is 1. The lowest BCUT2D eigenvalue weighted by atomic mass is 10.2. The number of sulfonamides is 1. The zero-order chi connectivity index (χ0) is 16.6. The number of carbonyl (C=O) groups is 1. The van der Waals surface area contributed by atoms with Gasteiger partial charge in [0.15, 0.2) is 11.9 Å². The number of para-hydroxylation sites is 2. The van der Waals surface area contributed by atoms with Gasteiger partial charge in [-0.3, -0.25) is 9.10 Å². The van der Waals surface area contributed by atoms with Crippen LogP contribution in [-0.2, 0) is 14.8 Å². The quantitative estimate of drug-likeness (QED) is 0.901. The van der Waals surface area contributed by atoms with Crippen LogP contribution >= 0.6 is 0 Å². The minimum Gasteiger partial charge on any atom is -0.476 e. The summed E-state index contributed by atoms with van der Waals surface area (Å²) in [5.74, 6) is 0.635. The van der Waals surface area contributed by atoms with Crippen LogP contribution in [0.1, 0.15) is 5.76 Å². The molecule has 1 atom stereocenters. The standard InChI is InChI=1S/C14H15N3O5S/c1-9-7-13(16-22-9)15-14(18)12-8-17(23(2,19)20)10-5-3-4-6-11(10)21-12/h3-7,12H,8H2,1-2H3,(H,15,16,18)/t12-/m1/s1. The summed E-state index contributed by atoms with van der Waals surface area (Å²) in [4.78, 5) is 12.3. The molecular formula is C14H15N3O5S. The van der Waals surface area contributed by atoms with E-state index in [1.165, 1.54) is 0 Å². The highest BCUT2D eigenvalue weighted by atomic mass is 32.2. The normalized spacial score (nSPS) is 17.3. The van der Waals surface area contributed by atoms with E-state index >= 15 is 0 Å². The Bertz CT molecular complexity index is 846. The summed E-state index contributed by atoms with van der Waals surface area (Å²) in [5.41, 5.74) is 0.413. The number of benzene rings is 1. The summed E-state index contributed by atoms with van der Waals surface area (Å²) in [6, 6.07) is 8.22. The molecule has 0 saturated carbocycles. The minimum absolute atomic E-state index is 0.113. The molecule has 1 N–H and O–H groups in total. The van der Waals surface area contributed by atoms with Gasteiger partial charge in [0.1, 0.15) is 11.5 Å². The summed E-state index contributed by atoms with van der Waals surface area (Å²) in [6.07, 6.45) is 0.0991. The molecule has 1 amide bonds. The predicted molar refractivity (Wildman–Crippen MR) is 82.9 cm³/mol. The van der Waals surface area contributed by atoms with Crippen LogP contribution in [0.25, 0.3) is 0 Å². The molecule has 0 aliphatic carbocycles. The van der Waals surface area contributed by atoms with E-state index in [2.05, 4.69) is 10.5 Å². The number of nitrogens with zero attached hydrogens (tertiary/aromatic N) is 2. The van der Waals surface area contributed by atoms with Gasteiger partial charge in [-0.1, -0.05) is 17.3 Å². The fourth-order valence-corrected chi connectivity index (χ4v) is 3.20. The zero-order valence-electron chi connectivity index (χ0n) is 12.5. The van der Waals surface area contributed by atoms with Gasteiger partial charge in [-0.2, -0.15) is 0 Å². The van der Waals surface area contributed by atoms with Gasteiger partial charge in [-0.05, 0) is 19.1 Å². The summed E-state index contributed by atoms with van der Waals surface area (Å²) in [6.45, 7) is 1.58. The predicted octanol–water partition coefficient (Wildman–Crippen LogP) is 1.15. The van der Waals surface area contributed by atoms with Gasteiger partial charge in [0.2, 0.25) is 10.0 Å². The fraction of sp³-hybridized carbons (Fsp3) is 0.286. The molecule has 122 valence electrons. The van der Waals surface area contributed by atoms with Crippen LogP contribution in [0.5, 0.6) is 5.75 Å². The van der Waals surface area contributed by atoms with Crippen molar-refractivity contribution in [3.8, 4) is 5.75 Å². The largest absolute Gasteiger partial charge is 0.476 e. The van der Waals surface area contributed by atoms with Gasteiger partial charge >= 0.3 is 0 Å². The minimum atomic E-state index is -3.54. The van der Waals surface area contributed by atoms with Crippen LogP contribution in [0.15, 0.2) is 34.9 Å². The second kappa shape index (κ2) is 5.58. The number of hydrogen-bond donors (Lipinski definition) is 1. The molecule has 9 heteroatoms. The first kappa shape index (κ1) is 15.3. The van der Waals surface area contributed by atoms with Gasteiger partial charge < -0.3 is 14.6 Å². The van der Waals surface area contributed by atoms with E-state index < -0.39 is 22.0 Å². The molecule has 0 fully saturated rings. The first-order chi connectivity index (χ1) is 10.8. The summed E-state index contributed by atoms with van der Waals surface area (Å²) >= 11 is 0. The number of aromatic nitrogens is 1. The Morgan fingerprint density at radius 3 is 2.78 bits per heavy atom. The molecule has 23 heavy (non-hydrogen) atoms. The van der Waals surface area contributed by atoms with Crippen molar-refractivity contribution in [3.05, 3.63) is 36.1 Å².